The zero-order valence-corrected chi connectivity index (χ0v) is 9.44. The van der Waals surface area contributed by atoms with Crippen LogP contribution >= 0.6 is 12.4 Å². The SMILES string of the molecule is Cc1cccc(C2(CN)CCC2)c1.Cl. The standard InChI is InChI=1S/C12H17N.ClH/c1-10-4-2-5-11(8-10)12(9-13)6-3-7-12;/h2,4-5,8H,3,6-7,9,13H2,1H3;1H. The Morgan fingerprint density at radius 2 is 2.07 bits per heavy atom. The van der Waals surface area contributed by atoms with Gasteiger partial charge >= 0.3 is 0 Å². The van der Waals surface area contributed by atoms with Crippen LogP contribution in [0.4, 0.5) is 0 Å². The highest BCUT2D eigenvalue weighted by atomic mass is 35.5. The molecule has 1 aliphatic carbocycles. The van der Waals surface area contributed by atoms with Gasteiger partial charge in [-0.2, -0.15) is 0 Å². The molecule has 1 fully saturated rings. The van der Waals surface area contributed by atoms with Crippen molar-refractivity contribution in [2.24, 2.45) is 5.73 Å². The molecule has 0 unspecified atom stereocenters. The Labute approximate surface area is 92.1 Å². The summed E-state index contributed by atoms with van der Waals surface area (Å²) >= 11 is 0. The molecule has 0 atom stereocenters. The minimum atomic E-state index is 0. The molecule has 0 aliphatic heterocycles. The summed E-state index contributed by atoms with van der Waals surface area (Å²) in [5.41, 5.74) is 8.97. The Morgan fingerprint density at radius 3 is 2.50 bits per heavy atom. The molecular formula is C12H18ClN. The van der Waals surface area contributed by atoms with Crippen molar-refractivity contribution in [2.45, 2.75) is 31.6 Å². The molecule has 0 bridgehead atoms. The van der Waals surface area contributed by atoms with Crippen molar-refractivity contribution < 1.29 is 0 Å². The van der Waals surface area contributed by atoms with Crippen molar-refractivity contribution in [3.63, 3.8) is 0 Å². The largest absolute Gasteiger partial charge is 0.330 e. The molecule has 1 aromatic carbocycles. The van der Waals surface area contributed by atoms with Gasteiger partial charge in [0.05, 0.1) is 0 Å². The second kappa shape index (κ2) is 4.33. The predicted octanol–water partition coefficient (Wildman–Crippen LogP) is 2.80. The van der Waals surface area contributed by atoms with Gasteiger partial charge in [0, 0.05) is 12.0 Å². The van der Waals surface area contributed by atoms with Crippen LogP contribution in [0.15, 0.2) is 24.3 Å². The molecule has 14 heavy (non-hydrogen) atoms. The number of aryl methyl sites for hydroxylation is 1. The van der Waals surface area contributed by atoms with E-state index >= 15 is 0 Å². The normalized spacial score (nSPS) is 18.1. The molecule has 1 aromatic rings. The van der Waals surface area contributed by atoms with Gasteiger partial charge in [0.15, 0.2) is 0 Å². The van der Waals surface area contributed by atoms with Crippen LogP contribution < -0.4 is 5.73 Å². The minimum absolute atomic E-state index is 0. The topological polar surface area (TPSA) is 26.0 Å². The maximum Gasteiger partial charge on any atom is 0.00756 e. The molecule has 0 radical (unpaired) electrons. The van der Waals surface area contributed by atoms with E-state index in [9.17, 15) is 0 Å². The number of hydrogen-bond donors (Lipinski definition) is 1. The van der Waals surface area contributed by atoms with Crippen LogP contribution in [-0.4, -0.2) is 6.54 Å². The summed E-state index contributed by atoms with van der Waals surface area (Å²) in [6, 6.07) is 8.79. The first-order chi connectivity index (χ1) is 6.27. The van der Waals surface area contributed by atoms with E-state index in [4.69, 9.17) is 5.73 Å². The smallest absolute Gasteiger partial charge is 0.00756 e. The van der Waals surface area contributed by atoms with Crippen LogP contribution in [0.25, 0.3) is 0 Å². The van der Waals surface area contributed by atoms with E-state index < -0.39 is 0 Å². The van der Waals surface area contributed by atoms with Crippen molar-refractivity contribution in [1.29, 1.82) is 0 Å². The van der Waals surface area contributed by atoms with Gasteiger partial charge in [-0.25, -0.2) is 0 Å². The first kappa shape index (κ1) is 11.5. The fourth-order valence-corrected chi connectivity index (χ4v) is 2.19. The molecule has 78 valence electrons. The fraction of sp³-hybridized carbons (Fsp3) is 0.500. The zero-order valence-electron chi connectivity index (χ0n) is 8.62. The Bertz CT molecular complexity index is 299. The first-order valence-electron chi connectivity index (χ1n) is 5.04. The van der Waals surface area contributed by atoms with Gasteiger partial charge < -0.3 is 5.73 Å². The average molecular weight is 212 g/mol. The second-order valence-electron chi connectivity index (χ2n) is 4.21. The van der Waals surface area contributed by atoms with E-state index in [1.54, 1.807) is 0 Å². The van der Waals surface area contributed by atoms with Crippen LogP contribution in [0.5, 0.6) is 0 Å². The Balaban J connectivity index is 0.000000980. The molecule has 2 N–H and O–H groups in total. The van der Waals surface area contributed by atoms with Gasteiger partial charge in [-0.15, -0.1) is 12.4 Å². The van der Waals surface area contributed by atoms with Crippen molar-refractivity contribution in [2.75, 3.05) is 6.54 Å². The first-order valence-corrected chi connectivity index (χ1v) is 5.04. The van der Waals surface area contributed by atoms with Gasteiger partial charge in [-0.05, 0) is 25.3 Å². The number of nitrogens with two attached hydrogens (primary N) is 1. The third kappa shape index (κ3) is 1.79. The maximum absolute atomic E-state index is 5.85. The third-order valence-electron chi connectivity index (χ3n) is 3.33. The van der Waals surface area contributed by atoms with Gasteiger partial charge in [-0.3, -0.25) is 0 Å². The number of hydrogen-bond acceptors (Lipinski definition) is 1. The molecular weight excluding hydrogens is 194 g/mol. The molecule has 2 heteroatoms. The van der Waals surface area contributed by atoms with Crippen molar-refractivity contribution >= 4 is 12.4 Å². The summed E-state index contributed by atoms with van der Waals surface area (Å²) in [4.78, 5) is 0. The van der Waals surface area contributed by atoms with Gasteiger partial charge in [0.25, 0.3) is 0 Å². The highest BCUT2D eigenvalue weighted by Gasteiger charge is 2.36. The van der Waals surface area contributed by atoms with E-state index in [0.717, 1.165) is 6.54 Å². The summed E-state index contributed by atoms with van der Waals surface area (Å²) < 4.78 is 0. The Morgan fingerprint density at radius 1 is 1.36 bits per heavy atom. The summed E-state index contributed by atoms with van der Waals surface area (Å²) in [7, 11) is 0. The zero-order chi connectivity index (χ0) is 9.31. The van der Waals surface area contributed by atoms with E-state index in [1.165, 1.54) is 30.4 Å². The van der Waals surface area contributed by atoms with Gasteiger partial charge in [-0.1, -0.05) is 36.2 Å². The van der Waals surface area contributed by atoms with Crippen LogP contribution in [-0.2, 0) is 5.41 Å². The van der Waals surface area contributed by atoms with Crippen LogP contribution in [0.2, 0.25) is 0 Å². The fourth-order valence-electron chi connectivity index (χ4n) is 2.19. The van der Waals surface area contributed by atoms with E-state index in [1.807, 2.05) is 0 Å². The predicted molar refractivity (Wildman–Crippen MR) is 63.0 cm³/mol. The summed E-state index contributed by atoms with van der Waals surface area (Å²) in [6.45, 7) is 2.95. The number of halogens is 1. The van der Waals surface area contributed by atoms with Crippen molar-refractivity contribution in [1.82, 2.24) is 0 Å². The van der Waals surface area contributed by atoms with Crippen molar-refractivity contribution in [3.05, 3.63) is 35.4 Å². The average Bonchev–Trinajstić information content (AvgIpc) is 2.03. The van der Waals surface area contributed by atoms with Crippen LogP contribution in [0, 0.1) is 6.92 Å². The molecule has 0 saturated heterocycles. The quantitative estimate of drug-likeness (QED) is 0.800. The van der Waals surface area contributed by atoms with Crippen LogP contribution in [0.3, 0.4) is 0 Å². The highest BCUT2D eigenvalue weighted by Crippen LogP contribution is 2.42. The lowest BCUT2D eigenvalue weighted by Crippen LogP contribution is -2.41. The minimum Gasteiger partial charge on any atom is -0.330 e. The lowest BCUT2D eigenvalue weighted by molar-refractivity contribution is 0.253. The summed E-state index contributed by atoms with van der Waals surface area (Å²) in [6.07, 6.45) is 3.88. The highest BCUT2D eigenvalue weighted by molar-refractivity contribution is 5.85. The maximum atomic E-state index is 5.85. The number of rotatable bonds is 2. The van der Waals surface area contributed by atoms with Gasteiger partial charge in [0.2, 0.25) is 0 Å². The Hall–Kier alpha value is -0.530. The van der Waals surface area contributed by atoms with E-state index in [2.05, 4.69) is 31.2 Å². The lowest BCUT2D eigenvalue weighted by Gasteiger charge is -2.41. The van der Waals surface area contributed by atoms with Crippen molar-refractivity contribution in [3.8, 4) is 0 Å². The molecule has 1 aliphatic rings. The molecule has 0 spiro atoms. The molecule has 0 amide bonds. The molecule has 0 heterocycles. The molecule has 0 aromatic heterocycles. The third-order valence-corrected chi connectivity index (χ3v) is 3.33. The molecule has 1 saturated carbocycles. The van der Waals surface area contributed by atoms with E-state index in [0.29, 0.717) is 5.41 Å². The summed E-state index contributed by atoms with van der Waals surface area (Å²) in [5, 5.41) is 0. The Kier molecular flexibility index (Phi) is 3.57. The molecule has 2 rings (SSSR count). The summed E-state index contributed by atoms with van der Waals surface area (Å²) in [5.74, 6) is 0. The van der Waals surface area contributed by atoms with Crippen LogP contribution in [0.1, 0.15) is 30.4 Å². The second-order valence-corrected chi connectivity index (χ2v) is 4.21. The van der Waals surface area contributed by atoms with Gasteiger partial charge in [0.1, 0.15) is 0 Å². The van der Waals surface area contributed by atoms with E-state index in [-0.39, 0.29) is 12.4 Å². The molecule has 1 nitrogen and oxygen atoms in total. The lowest BCUT2D eigenvalue weighted by atomic mass is 9.64. The number of benzene rings is 1. The monoisotopic (exact) mass is 211 g/mol.